The first-order valence-corrected chi connectivity index (χ1v) is 11.3. The summed E-state index contributed by atoms with van der Waals surface area (Å²) >= 11 is 5.58. The molecule has 4 heteroatoms. The normalized spacial score (nSPS) is 26.8. The van der Waals surface area contributed by atoms with Crippen molar-refractivity contribution in [2.24, 2.45) is 17.8 Å². The summed E-state index contributed by atoms with van der Waals surface area (Å²) in [5.74, 6) is 2.63. The van der Waals surface area contributed by atoms with E-state index in [1.807, 2.05) is 0 Å². The van der Waals surface area contributed by atoms with Crippen LogP contribution in [0.3, 0.4) is 0 Å². The van der Waals surface area contributed by atoms with Crippen LogP contribution in [0, 0.1) is 17.8 Å². The van der Waals surface area contributed by atoms with Gasteiger partial charge in [0.05, 0.1) is 0 Å². The van der Waals surface area contributed by atoms with Crippen molar-refractivity contribution < 1.29 is 0 Å². The van der Waals surface area contributed by atoms with Crippen LogP contribution in [0.5, 0.6) is 0 Å². The Kier molecular flexibility index (Phi) is 7.41. The second-order valence-electron chi connectivity index (χ2n) is 9.20. The molecule has 2 saturated heterocycles. The lowest BCUT2D eigenvalue weighted by Gasteiger charge is -2.36. The summed E-state index contributed by atoms with van der Waals surface area (Å²) in [5.41, 5.74) is 0. The van der Waals surface area contributed by atoms with Crippen LogP contribution in [0.15, 0.2) is 0 Å². The Balaban J connectivity index is 1.34. The van der Waals surface area contributed by atoms with Gasteiger partial charge in [-0.15, -0.1) is 0 Å². The molecule has 144 valence electrons. The third-order valence-corrected chi connectivity index (χ3v) is 7.04. The fraction of sp³-hybridized carbons (Fsp3) is 0.952. The molecule has 3 fully saturated rings. The number of piperidine rings is 1. The zero-order valence-corrected chi connectivity index (χ0v) is 17.3. The standard InChI is InChI=1S/C21H39N3S/c1-17(2)14-20-15-22-21(25)24(20)16-19-9-12-23(13-10-19)11-5-8-18-6-3-4-7-18/h17-20H,3-16H2,1-2H3,(H,22,25)/t20-/m0/s1. The number of nitrogens with zero attached hydrogens (tertiary/aromatic N) is 2. The van der Waals surface area contributed by atoms with Crippen LogP contribution in [0.2, 0.25) is 0 Å². The molecule has 0 aromatic heterocycles. The van der Waals surface area contributed by atoms with Gasteiger partial charge in [-0.2, -0.15) is 0 Å². The van der Waals surface area contributed by atoms with E-state index in [-0.39, 0.29) is 0 Å². The summed E-state index contributed by atoms with van der Waals surface area (Å²) < 4.78 is 0. The molecule has 3 nitrogen and oxygen atoms in total. The molecule has 1 N–H and O–H groups in total. The van der Waals surface area contributed by atoms with Crippen LogP contribution >= 0.6 is 12.2 Å². The lowest BCUT2D eigenvalue weighted by atomic mass is 9.94. The Morgan fingerprint density at radius 3 is 2.48 bits per heavy atom. The monoisotopic (exact) mass is 365 g/mol. The summed E-state index contributed by atoms with van der Waals surface area (Å²) in [7, 11) is 0. The fourth-order valence-corrected chi connectivity index (χ4v) is 5.45. The van der Waals surface area contributed by atoms with Gasteiger partial charge in [-0.25, -0.2) is 0 Å². The molecule has 0 unspecified atom stereocenters. The van der Waals surface area contributed by atoms with Crippen LogP contribution in [0.1, 0.15) is 71.6 Å². The van der Waals surface area contributed by atoms with E-state index in [2.05, 4.69) is 29.0 Å². The lowest BCUT2D eigenvalue weighted by Crippen LogP contribution is -2.42. The summed E-state index contributed by atoms with van der Waals surface area (Å²) in [5, 5.41) is 4.43. The van der Waals surface area contributed by atoms with Crippen LogP contribution in [-0.2, 0) is 0 Å². The van der Waals surface area contributed by atoms with Crippen LogP contribution in [0.25, 0.3) is 0 Å². The Labute approximate surface area is 160 Å². The van der Waals surface area contributed by atoms with Crippen molar-refractivity contribution in [1.29, 1.82) is 0 Å². The fourth-order valence-electron chi connectivity index (χ4n) is 5.14. The van der Waals surface area contributed by atoms with Gasteiger partial charge in [0, 0.05) is 19.1 Å². The molecule has 25 heavy (non-hydrogen) atoms. The molecule has 1 saturated carbocycles. The number of rotatable bonds is 8. The van der Waals surface area contributed by atoms with Gasteiger partial charge in [0.2, 0.25) is 0 Å². The second-order valence-corrected chi connectivity index (χ2v) is 9.59. The highest BCUT2D eigenvalue weighted by molar-refractivity contribution is 7.80. The number of hydrogen-bond acceptors (Lipinski definition) is 2. The zero-order chi connectivity index (χ0) is 17.6. The van der Waals surface area contributed by atoms with Gasteiger partial charge in [-0.1, -0.05) is 39.5 Å². The van der Waals surface area contributed by atoms with Crippen LogP contribution in [-0.4, -0.2) is 53.7 Å². The molecule has 3 aliphatic rings. The molecule has 0 spiro atoms. The van der Waals surface area contributed by atoms with Crippen molar-refractivity contribution >= 4 is 17.3 Å². The molecule has 0 bridgehead atoms. The number of likely N-dealkylation sites (tertiary alicyclic amines) is 1. The van der Waals surface area contributed by atoms with Crippen molar-refractivity contribution in [3.05, 3.63) is 0 Å². The number of nitrogens with one attached hydrogen (secondary N) is 1. The largest absolute Gasteiger partial charge is 0.360 e. The van der Waals surface area contributed by atoms with E-state index in [4.69, 9.17) is 12.2 Å². The molecule has 2 aliphatic heterocycles. The molecule has 1 atom stereocenters. The van der Waals surface area contributed by atoms with E-state index >= 15 is 0 Å². The van der Waals surface area contributed by atoms with Gasteiger partial charge >= 0.3 is 0 Å². The van der Waals surface area contributed by atoms with E-state index in [0.717, 1.165) is 29.4 Å². The third-order valence-electron chi connectivity index (χ3n) is 6.66. The van der Waals surface area contributed by atoms with Crippen molar-refractivity contribution in [2.45, 2.75) is 77.7 Å². The smallest absolute Gasteiger partial charge is 0.169 e. The van der Waals surface area contributed by atoms with Gasteiger partial charge in [0.1, 0.15) is 0 Å². The molecule has 2 heterocycles. The Bertz CT molecular complexity index is 411. The van der Waals surface area contributed by atoms with E-state index < -0.39 is 0 Å². The Hall–Kier alpha value is -0.350. The maximum Gasteiger partial charge on any atom is 0.169 e. The van der Waals surface area contributed by atoms with Crippen LogP contribution in [0.4, 0.5) is 0 Å². The lowest BCUT2D eigenvalue weighted by molar-refractivity contribution is 0.153. The number of hydrogen-bond donors (Lipinski definition) is 1. The van der Waals surface area contributed by atoms with Gasteiger partial charge in [0.15, 0.2) is 5.11 Å². The first-order chi connectivity index (χ1) is 12.1. The van der Waals surface area contributed by atoms with E-state index in [1.54, 1.807) is 0 Å². The third kappa shape index (κ3) is 5.82. The first kappa shape index (κ1) is 19.4. The first-order valence-electron chi connectivity index (χ1n) is 10.9. The van der Waals surface area contributed by atoms with E-state index in [9.17, 15) is 0 Å². The van der Waals surface area contributed by atoms with Crippen molar-refractivity contribution in [2.75, 3.05) is 32.7 Å². The quantitative estimate of drug-likeness (QED) is 0.647. The molecule has 0 radical (unpaired) electrons. The topological polar surface area (TPSA) is 18.5 Å². The van der Waals surface area contributed by atoms with Crippen molar-refractivity contribution in [3.63, 3.8) is 0 Å². The summed E-state index contributed by atoms with van der Waals surface area (Å²) in [4.78, 5) is 5.23. The molecule has 3 rings (SSSR count). The molecular formula is C21H39N3S. The SMILES string of the molecule is CC(C)C[C@H]1CNC(=S)N1CC1CCN(CCCC2CCCC2)CC1. The van der Waals surface area contributed by atoms with Crippen molar-refractivity contribution in [1.82, 2.24) is 15.1 Å². The minimum atomic E-state index is 0.622. The molecule has 0 aromatic carbocycles. The average molecular weight is 366 g/mol. The molecule has 0 aromatic rings. The minimum absolute atomic E-state index is 0.622. The summed E-state index contributed by atoms with van der Waals surface area (Å²) in [6.45, 7) is 10.8. The Morgan fingerprint density at radius 2 is 1.80 bits per heavy atom. The van der Waals surface area contributed by atoms with Crippen molar-refractivity contribution in [3.8, 4) is 0 Å². The molecule has 0 amide bonds. The molecule has 1 aliphatic carbocycles. The predicted octanol–water partition coefficient (Wildman–Crippen LogP) is 4.27. The highest BCUT2D eigenvalue weighted by Gasteiger charge is 2.31. The maximum absolute atomic E-state index is 5.58. The van der Waals surface area contributed by atoms with Crippen LogP contribution < -0.4 is 5.32 Å². The van der Waals surface area contributed by atoms with E-state index in [1.165, 1.54) is 84.0 Å². The average Bonchev–Trinajstić information content (AvgIpc) is 3.21. The van der Waals surface area contributed by atoms with Gasteiger partial charge < -0.3 is 15.1 Å². The molecular weight excluding hydrogens is 326 g/mol. The maximum atomic E-state index is 5.58. The minimum Gasteiger partial charge on any atom is -0.360 e. The highest BCUT2D eigenvalue weighted by atomic mass is 32.1. The Morgan fingerprint density at radius 1 is 1.08 bits per heavy atom. The van der Waals surface area contributed by atoms with E-state index in [0.29, 0.717) is 6.04 Å². The highest BCUT2D eigenvalue weighted by Crippen LogP contribution is 2.29. The predicted molar refractivity (Wildman–Crippen MR) is 111 cm³/mol. The summed E-state index contributed by atoms with van der Waals surface area (Å²) in [6, 6.07) is 0.622. The van der Waals surface area contributed by atoms with Gasteiger partial charge in [0.25, 0.3) is 0 Å². The number of thiocarbonyl (C=S) groups is 1. The van der Waals surface area contributed by atoms with Gasteiger partial charge in [-0.05, 0) is 81.7 Å². The second kappa shape index (κ2) is 9.55. The summed E-state index contributed by atoms with van der Waals surface area (Å²) in [6.07, 6.45) is 12.9. The zero-order valence-electron chi connectivity index (χ0n) is 16.5. The van der Waals surface area contributed by atoms with Gasteiger partial charge in [-0.3, -0.25) is 0 Å².